The lowest BCUT2D eigenvalue weighted by Crippen LogP contribution is -2.26. The maximum Gasteiger partial charge on any atom is 0.0199 e. The van der Waals surface area contributed by atoms with Gasteiger partial charge in [0.25, 0.3) is 0 Å². The summed E-state index contributed by atoms with van der Waals surface area (Å²) in [4.78, 5) is 2.42. The van der Waals surface area contributed by atoms with Gasteiger partial charge in [-0.1, -0.05) is 38.1 Å². The zero-order valence-corrected chi connectivity index (χ0v) is 10.6. The molecule has 0 atom stereocenters. The van der Waals surface area contributed by atoms with E-state index in [1.54, 1.807) is 11.1 Å². The van der Waals surface area contributed by atoms with Crippen LogP contribution in [-0.2, 0) is 6.42 Å². The van der Waals surface area contributed by atoms with Crippen LogP contribution < -0.4 is 0 Å². The number of rotatable bonds is 0. The van der Waals surface area contributed by atoms with Crippen LogP contribution in [0.25, 0.3) is 5.57 Å². The minimum absolute atomic E-state index is 1.17. The lowest BCUT2D eigenvalue weighted by molar-refractivity contribution is 0.358. The molecule has 1 nitrogen and oxygen atoms in total. The molecule has 0 amide bonds. The van der Waals surface area contributed by atoms with Gasteiger partial charge in [0.15, 0.2) is 0 Å². The summed E-state index contributed by atoms with van der Waals surface area (Å²) in [5.41, 5.74) is 6.35. The lowest BCUT2D eigenvalue weighted by atomic mass is 10.00. The predicted octanol–water partition coefficient (Wildman–Crippen LogP) is 3.36. The second-order valence-electron chi connectivity index (χ2n) is 4.40. The lowest BCUT2D eigenvalue weighted by Gasteiger charge is -2.24. The Labute approximate surface area is 98.8 Å². The van der Waals surface area contributed by atoms with E-state index >= 15 is 0 Å². The molecule has 0 saturated heterocycles. The molecule has 0 unspecified atom stereocenters. The van der Waals surface area contributed by atoms with Gasteiger partial charge in [0.2, 0.25) is 0 Å². The molecule has 0 saturated carbocycles. The van der Waals surface area contributed by atoms with Gasteiger partial charge in [-0.25, -0.2) is 0 Å². The molecule has 16 heavy (non-hydrogen) atoms. The van der Waals surface area contributed by atoms with Crippen molar-refractivity contribution >= 4 is 5.57 Å². The Morgan fingerprint density at radius 3 is 2.69 bits per heavy atom. The summed E-state index contributed by atoms with van der Waals surface area (Å²) in [6, 6.07) is 8.87. The summed E-state index contributed by atoms with van der Waals surface area (Å²) in [5.74, 6) is 0. The first-order chi connectivity index (χ1) is 7.84. The van der Waals surface area contributed by atoms with Gasteiger partial charge in [0.1, 0.15) is 0 Å². The first-order valence-corrected chi connectivity index (χ1v) is 6.32. The molecule has 1 aliphatic carbocycles. The van der Waals surface area contributed by atoms with Gasteiger partial charge in [0.05, 0.1) is 0 Å². The van der Waals surface area contributed by atoms with Gasteiger partial charge in [0, 0.05) is 13.1 Å². The number of nitrogens with zero attached hydrogens (tertiary/aromatic N) is 1. The van der Waals surface area contributed by atoms with Crippen LogP contribution in [-0.4, -0.2) is 25.0 Å². The molecule has 1 aromatic carbocycles. The van der Waals surface area contributed by atoms with Crippen molar-refractivity contribution in [1.29, 1.82) is 0 Å². The van der Waals surface area contributed by atoms with E-state index in [0.29, 0.717) is 0 Å². The Kier molecular flexibility index (Phi) is 3.45. The highest BCUT2D eigenvalue weighted by Gasteiger charge is 2.24. The van der Waals surface area contributed by atoms with Crippen molar-refractivity contribution in [2.24, 2.45) is 0 Å². The van der Waals surface area contributed by atoms with Crippen molar-refractivity contribution in [3.63, 3.8) is 0 Å². The molecule has 1 heterocycles. The first kappa shape index (κ1) is 11.4. The number of hydrogen-bond donors (Lipinski definition) is 0. The summed E-state index contributed by atoms with van der Waals surface area (Å²) in [5, 5.41) is 0. The Bertz CT molecular complexity index is 404. The van der Waals surface area contributed by atoms with Gasteiger partial charge < -0.3 is 4.90 Å². The van der Waals surface area contributed by atoms with Gasteiger partial charge in [-0.05, 0) is 42.2 Å². The van der Waals surface area contributed by atoms with E-state index in [1.807, 2.05) is 13.8 Å². The van der Waals surface area contributed by atoms with Gasteiger partial charge in [-0.15, -0.1) is 0 Å². The van der Waals surface area contributed by atoms with E-state index in [4.69, 9.17) is 0 Å². The van der Waals surface area contributed by atoms with E-state index in [9.17, 15) is 0 Å². The summed E-state index contributed by atoms with van der Waals surface area (Å²) in [6.45, 7) is 6.39. The van der Waals surface area contributed by atoms with Crippen molar-refractivity contribution in [1.82, 2.24) is 4.90 Å². The number of fused-ring (bicyclic) bond motifs is 2. The Morgan fingerprint density at radius 1 is 1.12 bits per heavy atom. The molecular weight excluding hydrogens is 194 g/mol. The molecule has 0 N–H and O–H groups in total. The van der Waals surface area contributed by atoms with Crippen LogP contribution in [0.4, 0.5) is 0 Å². The second kappa shape index (κ2) is 4.84. The third-order valence-corrected chi connectivity index (χ3v) is 3.38. The molecule has 3 rings (SSSR count). The summed E-state index contributed by atoms with van der Waals surface area (Å²) >= 11 is 0. The van der Waals surface area contributed by atoms with Crippen molar-refractivity contribution in [3.8, 4) is 0 Å². The van der Waals surface area contributed by atoms with Crippen LogP contribution in [0.2, 0.25) is 0 Å². The van der Waals surface area contributed by atoms with Crippen LogP contribution in [0.15, 0.2) is 29.8 Å². The van der Waals surface area contributed by atoms with Gasteiger partial charge in [-0.3, -0.25) is 0 Å². The van der Waals surface area contributed by atoms with Crippen LogP contribution in [0.1, 0.15) is 31.4 Å². The molecule has 86 valence electrons. The molecule has 0 bridgehead atoms. The smallest absolute Gasteiger partial charge is 0.0199 e. The van der Waals surface area contributed by atoms with E-state index in [2.05, 4.69) is 36.2 Å². The molecule has 0 fully saturated rings. The average Bonchev–Trinajstić information content (AvgIpc) is 2.68. The molecule has 0 aromatic heterocycles. The van der Waals surface area contributed by atoms with Gasteiger partial charge >= 0.3 is 0 Å². The number of likely N-dealkylation sites (N-methyl/N-ethyl adjacent to an activating group) is 1. The zero-order valence-electron chi connectivity index (χ0n) is 10.6. The van der Waals surface area contributed by atoms with E-state index < -0.39 is 0 Å². The van der Waals surface area contributed by atoms with E-state index in [0.717, 1.165) is 0 Å². The fraction of sp³-hybridized carbons (Fsp3) is 0.467. The maximum absolute atomic E-state index is 2.42. The Balaban J connectivity index is 0.000000457. The largest absolute Gasteiger partial charge is 0.302 e. The maximum atomic E-state index is 2.42. The minimum Gasteiger partial charge on any atom is -0.302 e. The predicted molar refractivity (Wildman–Crippen MR) is 70.5 cm³/mol. The zero-order chi connectivity index (χ0) is 11.5. The van der Waals surface area contributed by atoms with E-state index in [1.165, 1.54) is 37.1 Å². The van der Waals surface area contributed by atoms with Crippen molar-refractivity contribution < 1.29 is 0 Å². The van der Waals surface area contributed by atoms with Crippen molar-refractivity contribution in [2.45, 2.75) is 26.7 Å². The Hall–Kier alpha value is -1.08. The highest BCUT2D eigenvalue weighted by atomic mass is 15.1. The summed E-state index contributed by atoms with van der Waals surface area (Å²) in [7, 11) is 2.22. The van der Waals surface area contributed by atoms with E-state index in [-0.39, 0.29) is 0 Å². The van der Waals surface area contributed by atoms with Gasteiger partial charge in [-0.2, -0.15) is 0 Å². The molecule has 0 radical (unpaired) electrons. The quantitative estimate of drug-likeness (QED) is 0.641. The van der Waals surface area contributed by atoms with Crippen molar-refractivity contribution in [2.75, 3.05) is 20.1 Å². The number of benzene rings is 1. The SMILES string of the molecule is CC.CN1CCC2=C(Cc3ccccc32)C1. The fourth-order valence-corrected chi connectivity index (χ4v) is 2.67. The fourth-order valence-electron chi connectivity index (χ4n) is 2.67. The molecule has 1 aliphatic heterocycles. The highest BCUT2D eigenvalue weighted by Crippen LogP contribution is 2.37. The molecule has 1 heteroatoms. The Morgan fingerprint density at radius 2 is 1.88 bits per heavy atom. The molecule has 2 aliphatic rings. The summed E-state index contributed by atoms with van der Waals surface area (Å²) in [6.07, 6.45) is 2.43. The van der Waals surface area contributed by atoms with Crippen LogP contribution in [0.3, 0.4) is 0 Å². The van der Waals surface area contributed by atoms with Crippen LogP contribution in [0.5, 0.6) is 0 Å². The average molecular weight is 215 g/mol. The molecule has 0 spiro atoms. The normalized spacial score (nSPS) is 18.7. The molecular formula is C15H21N. The third-order valence-electron chi connectivity index (χ3n) is 3.38. The minimum atomic E-state index is 1.17. The monoisotopic (exact) mass is 215 g/mol. The summed E-state index contributed by atoms with van der Waals surface area (Å²) < 4.78 is 0. The van der Waals surface area contributed by atoms with Crippen molar-refractivity contribution in [3.05, 3.63) is 41.0 Å². The number of hydrogen-bond acceptors (Lipinski definition) is 1. The first-order valence-electron chi connectivity index (χ1n) is 6.32. The van der Waals surface area contributed by atoms with Crippen LogP contribution in [0, 0.1) is 0 Å². The van der Waals surface area contributed by atoms with Crippen LogP contribution >= 0.6 is 0 Å². The third kappa shape index (κ3) is 1.92. The second-order valence-corrected chi connectivity index (χ2v) is 4.40. The molecule has 1 aromatic rings. The highest BCUT2D eigenvalue weighted by molar-refractivity contribution is 5.77. The topological polar surface area (TPSA) is 3.24 Å². The standard InChI is InChI=1S/C13H15N.C2H6/c1-14-7-6-13-11(9-14)8-10-4-2-3-5-12(10)13;1-2/h2-5H,6-9H2,1H3;1-2H3.